The van der Waals surface area contributed by atoms with E-state index in [9.17, 15) is 0 Å². The van der Waals surface area contributed by atoms with Crippen molar-refractivity contribution in [3.05, 3.63) is 34.3 Å². The van der Waals surface area contributed by atoms with E-state index in [1.165, 1.54) is 37.7 Å². The van der Waals surface area contributed by atoms with Gasteiger partial charge in [0, 0.05) is 18.3 Å². The maximum absolute atomic E-state index is 4.71. The van der Waals surface area contributed by atoms with Crippen LogP contribution < -0.4 is 5.32 Å². The Kier molecular flexibility index (Phi) is 4.63. The summed E-state index contributed by atoms with van der Waals surface area (Å²) in [5.41, 5.74) is 2.53. The monoisotopic (exact) mass is 303 g/mol. The number of aromatic nitrogens is 2. The van der Waals surface area contributed by atoms with Crippen molar-refractivity contribution >= 4 is 17.3 Å². The van der Waals surface area contributed by atoms with Crippen LogP contribution >= 0.6 is 11.3 Å². The highest BCUT2D eigenvalue weighted by Crippen LogP contribution is 2.31. The van der Waals surface area contributed by atoms with Crippen molar-refractivity contribution < 1.29 is 0 Å². The minimum absolute atomic E-state index is 0.406. The number of hydrogen-bond acceptors (Lipinski definition) is 3. The van der Waals surface area contributed by atoms with Gasteiger partial charge in [-0.05, 0) is 55.5 Å². The minimum Gasteiger partial charge on any atom is -0.353 e. The van der Waals surface area contributed by atoms with E-state index in [4.69, 9.17) is 4.98 Å². The van der Waals surface area contributed by atoms with Crippen LogP contribution in [0.2, 0.25) is 0 Å². The van der Waals surface area contributed by atoms with Gasteiger partial charge in [0.15, 0.2) is 0 Å². The first-order valence-electron chi connectivity index (χ1n) is 8.05. The van der Waals surface area contributed by atoms with Crippen LogP contribution in [0.5, 0.6) is 0 Å². The first-order valence-corrected chi connectivity index (χ1v) is 9.00. The Morgan fingerprint density at radius 2 is 2.19 bits per heavy atom. The molecule has 2 aromatic heterocycles. The predicted octanol–water partition coefficient (Wildman–Crippen LogP) is 4.80. The molecular formula is C17H25N3S. The van der Waals surface area contributed by atoms with Gasteiger partial charge < -0.3 is 9.88 Å². The number of rotatable bonds is 5. The van der Waals surface area contributed by atoms with Crippen molar-refractivity contribution in [2.75, 3.05) is 5.32 Å². The lowest BCUT2D eigenvalue weighted by molar-refractivity contribution is 0.355. The van der Waals surface area contributed by atoms with Crippen molar-refractivity contribution in [1.82, 2.24) is 9.55 Å². The highest BCUT2D eigenvalue weighted by molar-refractivity contribution is 7.07. The largest absolute Gasteiger partial charge is 0.353 e. The third-order valence-corrected chi connectivity index (χ3v) is 5.05. The standard InChI is InChI=1S/C17H25N3S/c1-13(10-15-8-9-21-12-15)18-17-19-14(2)11-20(17)16-6-4-3-5-7-16/h8-9,11-13,16H,3-7,10H2,1-2H3,(H,18,19). The fourth-order valence-corrected chi connectivity index (χ4v) is 3.98. The molecular weight excluding hydrogens is 278 g/mol. The van der Waals surface area contributed by atoms with Crippen LogP contribution in [0.1, 0.15) is 56.3 Å². The Balaban J connectivity index is 1.69. The fraction of sp³-hybridized carbons (Fsp3) is 0.588. The lowest BCUT2D eigenvalue weighted by atomic mass is 9.95. The molecule has 1 N–H and O–H groups in total. The highest BCUT2D eigenvalue weighted by Gasteiger charge is 2.19. The SMILES string of the molecule is Cc1cn(C2CCCCC2)c(NC(C)Cc2ccsc2)n1. The molecule has 3 rings (SSSR count). The Hall–Kier alpha value is -1.29. The minimum atomic E-state index is 0.406. The summed E-state index contributed by atoms with van der Waals surface area (Å²) in [6.45, 7) is 4.33. The van der Waals surface area contributed by atoms with Gasteiger partial charge in [-0.25, -0.2) is 4.98 Å². The molecule has 1 aliphatic carbocycles. The average molecular weight is 303 g/mol. The van der Waals surface area contributed by atoms with Gasteiger partial charge in [-0.15, -0.1) is 0 Å². The molecule has 0 bridgehead atoms. The summed E-state index contributed by atoms with van der Waals surface area (Å²) in [4.78, 5) is 4.71. The maximum Gasteiger partial charge on any atom is 0.203 e. The van der Waals surface area contributed by atoms with Gasteiger partial charge in [0.25, 0.3) is 0 Å². The molecule has 1 aliphatic rings. The van der Waals surface area contributed by atoms with Crippen LogP contribution in [-0.4, -0.2) is 15.6 Å². The van der Waals surface area contributed by atoms with Crippen LogP contribution in [-0.2, 0) is 6.42 Å². The molecule has 1 saturated carbocycles. The molecule has 0 saturated heterocycles. The summed E-state index contributed by atoms with van der Waals surface area (Å²) in [6, 6.07) is 3.25. The van der Waals surface area contributed by atoms with E-state index in [0.717, 1.165) is 18.1 Å². The van der Waals surface area contributed by atoms with E-state index in [2.05, 4.69) is 46.8 Å². The molecule has 0 spiro atoms. The Morgan fingerprint density at radius 3 is 2.90 bits per heavy atom. The second kappa shape index (κ2) is 6.65. The third kappa shape index (κ3) is 3.67. The van der Waals surface area contributed by atoms with Gasteiger partial charge >= 0.3 is 0 Å². The molecule has 21 heavy (non-hydrogen) atoms. The first-order chi connectivity index (χ1) is 10.2. The smallest absolute Gasteiger partial charge is 0.203 e. The third-order valence-electron chi connectivity index (χ3n) is 4.32. The van der Waals surface area contributed by atoms with E-state index >= 15 is 0 Å². The summed E-state index contributed by atoms with van der Waals surface area (Å²) >= 11 is 1.77. The number of thiophene rings is 1. The van der Waals surface area contributed by atoms with Gasteiger partial charge in [0.1, 0.15) is 0 Å². The Bertz CT molecular complexity index is 553. The van der Waals surface area contributed by atoms with Crippen LogP contribution in [0.15, 0.2) is 23.0 Å². The number of imidazole rings is 1. The van der Waals surface area contributed by atoms with Gasteiger partial charge in [-0.1, -0.05) is 19.3 Å². The molecule has 3 nitrogen and oxygen atoms in total. The maximum atomic E-state index is 4.71. The lowest BCUT2D eigenvalue weighted by Crippen LogP contribution is -2.22. The number of hydrogen-bond donors (Lipinski definition) is 1. The zero-order valence-corrected chi connectivity index (χ0v) is 13.8. The predicted molar refractivity (Wildman–Crippen MR) is 90.2 cm³/mol. The molecule has 1 unspecified atom stereocenters. The van der Waals surface area contributed by atoms with E-state index < -0.39 is 0 Å². The number of nitrogens with one attached hydrogen (secondary N) is 1. The zero-order chi connectivity index (χ0) is 14.7. The van der Waals surface area contributed by atoms with Gasteiger partial charge in [0.05, 0.1) is 5.69 Å². The van der Waals surface area contributed by atoms with Crippen molar-refractivity contribution in [2.45, 2.75) is 64.5 Å². The van der Waals surface area contributed by atoms with E-state index in [1.807, 2.05) is 0 Å². The van der Waals surface area contributed by atoms with Crippen LogP contribution in [0, 0.1) is 6.92 Å². The van der Waals surface area contributed by atoms with E-state index in [1.54, 1.807) is 11.3 Å². The molecule has 0 radical (unpaired) electrons. The molecule has 4 heteroatoms. The summed E-state index contributed by atoms with van der Waals surface area (Å²) in [7, 11) is 0. The topological polar surface area (TPSA) is 29.9 Å². The zero-order valence-electron chi connectivity index (χ0n) is 13.0. The summed E-state index contributed by atoms with van der Waals surface area (Å²) in [5.74, 6) is 1.06. The lowest BCUT2D eigenvalue weighted by Gasteiger charge is -2.25. The van der Waals surface area contributed by atoms with Crippen molar-refractivity contribution in [3.63, 3.8) is 0 Å². The Labute approximate surface area is 131 Å². The summed E-state index contributed by atoms with van der Waals surface area (Å²) < 4.78 is 2.39. The fourth-order valence-electron chi connectivity index (χ4n) is 3.29. The van der Waals surface area contributed by atoms with Crippen molar-refractivity contribution in [3.8, 4) is 0 Å². The quantitative estimate of drug-likeness (QED) is 0.859. The number of aryl methyl sites for hydroxylation is 1. The molecule has 2 heterocycles. The number of anilines is 1. The molecule has 114 valence electrons. The van der Waals surface area contributed by atoms with E-state index in [0.29, 0.717) is 12.1 Å². The molecule has 2 aromatic rings. The average Bonchev–Trinajstić information content (AvgIpc) is 3.09. The van der Waals surface area contributed by atoms with Crippen molar-refractivity contribution in [2.24, 2.45) is 0 Å². The van der Waals surface area contributed by atoms with Crippen LogP contribution in [0.25, 0.3) is 0 Å². The highest BCUT2D eigenvalue weighted by atomic mass is 32.1. The molecule has 0 amide bonds. The summed E-state index contributed by atoms with van der Waals surface area (Å²) in [6.07, 6.45) is 9.96. The van der Waals surface area contributed by atoms with Gasteiger partial charge in [-0.2, -0.15) is 11.3 Å². The molecule has 1 fully saturated rings. The second-order valence-corrected chi connectivity index (χ2v) is 7.07. The molecule has 0 aliphatic heterocycles. The molecule has 0 aromatic carbocycles. The first kappa shape index (κ1) is 14.6. The molecule has 1 atom stereocenters. The van der Waals surface area contributed by atoms with Gasteiger partial charge in [-0.3, -0.25) is 0 Å². The normalized spacial score (nSPS) is 17.8. The van der Waals surface area contributed by atoms with E-state index in [-0.39, 0.29) is 0 Å². The number of nitrogens with zero attached hydrogens (tertiary/aromatic N) is 2. The Morgan fingerprint density at radius 1 is 1.38 bits per heavy atom. The summed E-state index contributed by atoms with van der Waals surface area (Å²) in [5, 5.41) is 8.00. The van der Waals surface area contributed by atoms with Gasteiger partial charge in [0.2, 0.25) is 5.95 Å². The second-order valence-electron chi connectivity index (χ2n) is 6.29. The van der Waals surface area contributed by atoms with Crippen molar-refractivity contribution in [1.29, 1.82) is 0 Å². The van der Waals surface area contributed by atoms with Crippen LogP contribution in [0.3, 0.4) is 0 Å². The van der Waals surface area contributed by atoms with Crippen LogP contribution in [0.4, 0.5) is 5.95 Å².